The van der Waals surface area contributed by atoms with E-state index in [0.29, 0.717) is 12.3 Å². The first-order valence-corrected chi connectivity index (χ1v) is 5.71. The van der Waals surface area contributed by atoms with E-state index >= 15 is 0 Å². The van der Waals surface area contributed by atoms with Crippen molar-refractivity contribution in [3.8, 4) is 11.3 Å². The summed E-state index contributed by atoms with van der Waals surface area (Å²) in [5.41, 5.74) is 2.13. The fourth-order valence-corrected chi connectivity index (χ4v) is 1.63. The number of hydrogen-bond donors (Lipinski definition) is 1. The van der Waals surface area contributed by atoms with Gasteiger partial charge in [-0.05, 0) is 19.9 Å². The van der Waals surface area contributed by atoms with Gasteiger partial charge in [-0.25, -0.2) is 4.39 Å². The fourth-order valence-electron chi connectivity index (χ4n) is 1.63. The summed E-state index contributed by atoms with van der Waals surface area (Å²) in [6.45, 7) is 4.32. The number of rotatable bonds is 4. The molecule has 0 saturated carbocycles. The third-order valence-electron chi connectivity index (χ3n) is 2.46. The van der Waals surface area contributed by atoms with Crippen molar-refractivity contribution < 1.29 is 9.13 Å². The molecule has 0 bridgehead atoms. The Morgan fingerprint density at radius 2 is 1.94 bits per heavy atom. The average molecular weight is 233 g/mol. The van der Waals surface area contributed by atoms with Crippen LogP contribution in [0.1, 0.15) is 19.5 Å². The van der Waals surface area contributed by atoms with E-state index in [-0.39, 0.29) is 11.9 Å². The van der Waals surface area contributed by atoms with Gasteiger partial charge in [0.1, 0.15) is 5.82 Å². The fraction of sp³-hybridized carbons (Fsp3) is 0.286. The molecule has 0 atom stereocenters. The first-order valence-electron chi connectivity index (χ1n) is 5.71. The van der Waals surface area contributed by atoms with E-state index in [1.54, 1.807) is 0 Å². The summed E-state index contributed by atoms with van der Waals surface area (Å²) in [6.07, 6.45) is 0.140. The number of aromatic amines is 1. The monoisotopic (exact) mass is 233 g/mol. The van der Waals surface area contributed by atoms with Gasteiger partial charge in [-0.3, -0.25) is 0 Å². The highest BCUT2D eigenvalue weighted by molar-refractivity contribution is 5.60. The Kier molecular flexibility index (Phi) is 3.59. The summed E-state index contributed by atoms with van der Waals surface area (Å²) in [7, 11) is 0. The van der Waals surface area contributed by atoms with Crippen molar-refractivity contribution in [1.29, 1.82) is 0 Å². The second kappa shape index (κ2) is 5.15. The highest BCUT2D eigenvalue weighted by Crippen LogP contribution is 2.22. The Labute approximate surface area is 100 Å². The van der Waals surface area contributed by atoms with Crippen molar-refractivity contribution in [2.24, 2.45) is 0 Å². The zero-order valence-corrected chi connectivity index (χ0v) is 10.0. The Hall–Kier alpha value is -1.61. The second-order valence-electron chi connectivity index (χ2n) is 4.24. The van der Waals surface area contributed by atoms with Crippen LogP contribution in [-0.2, 0) is 11.3 Å². The number of nitrogens with one attached hydrogen (secondary N) is 1. The topological polar surface area (TPSA) is 25.0 Å². The Morgan fingerprint density at radius 1 is 1.24 bits per heavy atom. The van der Waals surface area contributed by atoms with Crippen LogP contribution in [0.3, 0.4) is 0 Å². The molecule has 0 fully saturated rings. The van der Waals surface area contributed by atoms with Gasteiger partial charge in [-0.1, -0.05) is 30.3 Å². The van der Waals surface area contributed by atoms with E-state index in [0.717, 1.165) is 11.3 Å². The van der Waals surface area contributed by atoms with E-state index in [2.05, 4.69) is 4.98 Å². The zero-order chi connectivity index (χ0) is 12.3. The number of ether oxygens (including phenoxy) is 1. The highest BCUT2D eigenvalue weighted by atomic mass is 19.1. The van der Waals surface area contributed by atoms with Gasteiger partial charge >= 0.3 is 0 Å². The van der Waals surface area contributed by atoms with Gasteiger partial charge in [0.2, 0.25) is 0 Å². The average Bonchev–Trinajstić information content (AvgIpc) is 2.69. The molecule has 1 aromatic carbocycles. The van der Waals surface area contributed by atoms with Crippen molar-refractivity contribution in [2.45, 2.75) is 26.6 Å². The van der Waals surface area contributed by atoms with Gasteiger partial charge < -0.3 is 9.72 Å². The molecule has 2 aromatic rings. The molecule has 1 aromatic heterocycles. The lowest BCUT2D eigenvalue weighted by Crippen LogP contribution is -2.02. The van der Waals surface area contributed by atoms with Crippen LogP contribution in [0.4, 0.5) is 4.39 Å². The maximum absolute atomic E-state index is 13.7. The van der Waals surface area contributed by atoms with Crippen molar-refractivity contribution in [3.05, 3.63) is 47.9 Å². The van der Waals surface area contributed by atoms with Crippen molar-refractivity contribution in [1.82, 2.24) is 4.98 Å². The minimum absolute atomic E-state index is 0.140. The van der Waals surface area contributed by atoms with Gasteiger partial charge in [-0.2, -0.15) is 0 Å². The molecule has 0 unspecified atom stereocenters. The van der Waals surface area contributed by atoms with Crippen LogP contribution in [0.15, 0.2) is 36.4 Å². The lowest BCUT2D eigenvalue weighted by atomic mass is 10.1. The van der Waals surface area contributed by atoms with Crippen LogP contribution in [0.2, 0.25) is 0 Å². The van der Waals surface area contributed by atoms with E-state index < -0.39 is 0 Å². The molecule has 2 nitrogen and oxygen atoms in total. The van der Waals surface area contributed by atoms with E-state index in [9.17, 15) is 4.39 Å². The normalized spacial score (nSPS) is 11.1. The van der Waals surface area contributed by atoms with Gasteiger partial charge in [0.25, 0.3) is 0 Å². The molecular formula is C14H16FNO. The lowest BCUT2D eigenvalue weighted by Gasteiger charge is -2.05. The van der Waals surface area contributed by atoms with Crippen molar-refractivity contribution in [2.75, 3.05) is 0 Å². The quantitative estimate of drug-likeness (QED) is 0.854. The molecule has 0 saturated heterocycles. The molecule has 0 aliphatic carbocycles. The van der Waals surface area contributed by atoms with Crippen LogP contribution in [0.25, 0.3) is 11.3 Å². The Bertz CT molecular complexity index is 476. The summed E-state index contributed by atoms with van der Waals surface area (Å²) in [5.74, 6) is -0.237. The molecule has 0 aliphatic heterocycles. The summed E-state index contributed by atoms with van der Waals surface area (Å²) >= 11 is 0. The summed E-state index contributed by atoms with van der Waals surface area (Å²) < 4.78 is 19.2. The molecular weight excluding hydrogens is 217 g/mol. The Morgan fingerprint density at radius 3 is 2.59 bits per heavy atom. The van der Waals surface area contributed by atoms with Crippen LogP contribution < -0.4 is 0 Å². The molecule has 0 amide bonds. The minimum atomic E-state index is -0.237. The van der Waals surface area contributed by atoms with Crippen LogP contribution in [0.5, 0.6) is 0 Å². The van der Waals surface area contributed by atoms with E-state index in [1.807, 2.05) is 44.2 Å². The second-order valence-corrected chi connectivity index (χ2v) is 4.24. The summed E-state index contributed by atoms with van der Waals surface area (Å²) in [6, 6.07) is 10.9. The van der Waals surface area contributed by atoms with Crippen LogP contribution >= 0.6 is 0 Å². The third kappa shape index (κ3) is 2.94. The number of hydrogen-bond acceptors (Lipinski definition) is 1. The number of H-pyrrole nitrogens is 1. The van der Waals surface area contributed by atoms with E-state index in [1.165, 1.54) is 6.07 Å². The number of benzene rings is 1. The SMILES string of the molecule is CC(C)OCc1cc(F)c(-c2ccccc2)[nH]1. The largest absolute Gasteiger partial charge is 0.373 e. The molecule has 17 heavy (non-hydrogen) atoms. The summed E-state index contributed by atoms with van der Waals surface area (Å²) in [4.78, 5) is 3.05. The standard InChI is InChI=1S/C14H16FNO/c1-10(2)17-9-12-8-13(15)14(16-12)11-6-4-3-5-7-11/h3-8,10,16H,9H2,1-2H3. The minimum Gasteiger partial charge on any atom is -0.373 e. The van der Waals surface area contributed by atoms with Gasteiger partial charge in [0.05, 0.1) is 18.4 Å². The van der Waals surface area contributed by atoms with Crippen LogP contribution in [0, 0.1) is 5.82 Å². The molecule has 90 valence electrons. The van der Waals surface area contributed by atoms with Crippen LogP contribution in [-0.4, -0.2) is 11.1 Å². The molecule has 0 spiro atoms. The molecule has 2 rings (SSSR count). The predicted octanol–water partition coefficient (Wildman–Crippen LogP) is 3.75. The first kappa shape index (κ1) is 11.9. The number of halogens is 1. The molecule has 0 radical (unpaired) electrons. The molecule has 0 aliphatic rings. The smallest absolute Gasteiger partial charge is 0.149 e. The lowest BCUT2D eigenvalue weighted by molar-refractivity contribution is 0.0638. The van der Waals surface area contributed by atoms with Crippen molar-refractivity contribution >= 4 is 0 Å². The molecule has 1 heterocycles. The van der Waals surface area contributed by atoms with E-state index in [4.69, 9.17) is 4.74 Å². The predicted molar refractivity (Wildman–Crippen MR) is 66.1 cm³/mol. The maximum atomic E-state index is 13.7. The summed E-state index contributed by atoms with van der Waals surface area (Å²) in [5, 5.41) is 0. The first-order chi connectivity index (χ1) is 8.16. The molecule has 3 heteroatoms. The van der Waals surface area contributed by atoms with Gasteiger partial charge in [0, 0.05) is 11.3 Å². The highest BCUT2D eigenvalue weighted by Gasteiger charge is 2.09. The zero-order valence-electron chi connectivity index (χ0n) is 10.0. The maximum Gasteiger partial charge on any atom is 0.149 e. The Balaban J connectivity index is 2.20. The third-order valence-corrected chi connectivity index (χ3v) is 2.46. The van der Waals surface area contributed by atoms with Gasteiger partial charge in [0.15, 0.2) is 0 Å². The van der Waals surface area contributed by atoms with Crippen molar-refractivity contribution in [3.63, 3.8) is 0 Å². The number of aromatic nitrogens is 1. The molecule has 1 N–H and O–H groups in total. The van der Waals surface area contributed by atoms with Gasteiger partial charge in [-0.15, -0.1) is 0 Å².